The van der Waals surface area contributed by atoms with Gasteiger partial charge in [-0.05, 0) is 13.2 Å². The van der Waals surface area contributed by atoms with Crippen LogP contribution in [0.4, 0.5) is 12.9 Å². The van der Waals surface area contributed by atoms with Crippen molar-refractivity contribution in [3.63, 3.8) is 0 Å². The van der Waals surface area contributed by atoms with Crippen molar-refractivity contribution in [1.82, 2.24) is 4.98 Å². The summed E-state index contributed by atoms with van der Waals surface area (Å²) < 4.78 is 35.3. The molecule has 0 radical (unpaired) electrons. The number of hydrogen-bond acceptors (Lipinski definition) is 2. The molecule has 0 N–H and O–H groups in total. The van der Waals surface area contributed by atoms with Gasteiger partial charge in [0.15, 0.2) is 0 Å². The van der Waals surface area contributed by atoms with Crippen molar-refractivity contribution in [2.75, 3.05) is 0 Å². The summed E-state index contributed by atoms with van der Waals surface area (Å²) in [6.07, 6.45) is -0.857. The lowest BCUT2D eigenvalue weighted by atomic mass is 9.85. The maximum absolute atomic E-state index is 11.8. The van der Waals surface area contributed by atoms with E-state index in [0.717, 1.165) is 0 Å². The van der Waals surface area contributed by atoms with Gasteiger partial charge in [-0.1, -0.05) is 0 Å². The molecule has 0 aromatic carbocycles. The third-order valence-electron chi connectivity index (χ3n) is 1.11. The van der Waals surface area contributed by atoms with Gasteiger partial charge < -0.3 is 12.9 Å². The highest BCUT2D eigenvalue weighted by molar-refractivity contribution is 7.09. The Balaban J connectivity index is 2.65. The molecule has 1 nitrogen and oxygen atoms in total. The molecular formula is C5H6BF3NS-. The molecule has 0 saturated carbocycles. The SMILES string of the molecule is Cc1nc(C[B-](F)(F)F)cs1. The van der Waals surface area contributed by atoms with E-state index in [1.807, 2.05) is 0 Å². The minimum Gasteiger partial charge on any atom is -0.449 e. The van der Waals surface area contributed by atoms with Gasteiger partial charge in [0.1, 0.15) is 0 Å². The Morgan fingerprint density at radius 1 is 1.55 bits per heavy atom. The van der Waals surface area contributed by atoms with Crippen LogP contribution >= 0.6 is 11.3 Å². The van der Waals surface area contributed by atoms with Gasteiger partial charge in [0, 0.05) is 11.1 Å². The molecule has 0 unspecified atom stereocenters. The first-order valence-corrected chi connectivity index (χ1v) is 3.97. The zero-order valence-electron chi connectivity index (χ0n) is 5.85. The van der Waals surface area contributed by atoms with E-state index in [2.05, 4.69) is 4.98 Å². The molecule has 6 heteroatoms. The van der Waals surface area contributed by atoms with Crippen molar-refractivity contribution in [3.8, 4) is 0 Å². The number of aromatic nitrogens is 1. The van der Waals surface area contributed by atoms with Crippen molar-refractivity contribution in [3.05, 3.63) is 16.1 Å². The Kier molecular flexibility index (Phi) is 2.22. The average Bonchev–Trinajstić information content (AvgIpc) is 2.10. The molecule has 1 aromatic heterocycles. The summed E-state index contributed by atoms with van der Waals surface area (Å²) in [6.45, 7) is -3.03. The number of nitrogens with zero attached hydrogens (tertiary/aromatic N) is 1. The van der Waals surface area contributed by atoms with Gasteiger partial charge in [0.2, 0.25) is 0 Å². The first kappa shape index (κ1) is 8.58. The fourth-order valence-corrected chi connectivity index (χ4v) is 1.36. The standard InChI is InChI=1S/C5H6BF3NS/c1-4-10-5(3-11-4)2-6(7,8)9/h3H,2H2,1H3/q-1. The van der Waals surface area contributed by atoms with E-state index in [-0.39, 0.29) is 5.69 Å². The van der Waals surface area contributed by atoms with E-state index in [1.54, 1.807) is 6.92 Å². The number of halogens is 3. The molecule has 0 spiro atoms. The molecule has 0 saturated heterocycles. The number of rotatable bonds is 2. The third kappa shape index (κ3) is 2.92. The lowest BCUT2D eigenvalue weighted by Gasteiger charge is -2.10. The topological polar surface area (TPSA) is 12.9 Å². The fraction of sp³-hybridized carbons (Fsp3) is 0.400. The maximum Gasteiger partial charge on any atom is 0.484 e. The quantitative estimate of drug-likeness (QED) is 0.636. The first-order valence-electron chi connectivity index (χ1n) is 3.09. The second-order valence-electron chi connectivity index (χ2n) is 2.27. The Morgan fingerprint density at radius 2 is 2.18 bits per heavy atom. The van der Waals surface area contributed by atoms with Crippen LogP contribution in [-0.2, 0) is 6.32 Å². The van der Waals surface area contributed by atoms with Crippen LogP contribution in [0.1, 0.15) is 10.7 Å². The predicted octanol–water partition coefficient (Wildman–Crippen LogP) is 2.38. The van der Waals surface area contributed by atoms with Crippen LogP contribution in [0.25, 0.3) is 0 Å². The highest BCUT2D eigenvalue weighted by Crippen LogP contribution is 2.17. The van der Waals surface area contributed by atoms with Crippen LogP contribution in [-0.4, -0.2) is 12.0 Å². The van der Waals surface area contributed by atoms with E-state index in [1.165, 1.54) is 16.7 Å². The van der Waals surface area contributed by atoms with Crippen LogP contribution in [0, 0.1) is 6.92 Å². The van der Waals surface area contributed by atoms with Gasteiger partial charge in [-0.15, -0.1) is 11.3 Å². The van der Waals surface area contributed by atoms with Crippen molar-refractivity contribution in [2.24, 2.45) is 0 Å². The van der Waals surface area contributed by atoms with E-state index < -0.39 is 13.3 Å². The van der Waals surface area contributed by atoms with E-state index >= 15 is 0 Å². The van der Waals surface area contributed by atoms with Crippen LogP contribution in [0.2, 0.25) is 0 Å². The second kappa shape index (κ2) is 2.85. The average molecular weight is 180 g/mol. The molecule has 0 bridgehead atoms. The molecule has 0 atom stereocenters. The summed E-state index contributed by atoms with van der Waals surface area (Å²) in [5.74, 6) is 0. The van der Waals surface area contributed by atoms with E-state index in [9.17, 15) is 12.9 Å². The zero-order valence-corrected chi connectivity index (χ0v) is 6.67. The summed E-state index contributed by atoms with van der Waals surface area (Å²) in [6, 6.07) is 0. The Labute approximate surface area is 66.3 Å². The van der Waals surface area contributed by atoms with Crippen LogP contribution < -0.4 is 0 Å². The van der Waals surface area contributed by atoms with Gasteiger partial charge in [0.25, 0.3) is 0 Å². The van der Waals surface area contributed by atoms with Crippen LogP contribution in [0.5, 0.6) is 0 Å². The highest BCUT2D eigenvalue weighted by atomic mass is 32.1. The van der Waals surface area contributed by atoms with Gasteiger partial charge in [-0.2, -0.15) is 0 Å². The molecule has 0 amide bonds. The summed E-state index contributed by atoms with van der Waals surface area (Å²) in [7, 11) is 0. The minimum atomic E-state index is -4.72. The largest absolute Gasteiger partial charge is 0.484 e. The summed E-state index contributed by atoms with van der Waals surface area (Å²) in [5.41, 5.74) is 0.139. The zero-order chi connectivity index (χ0) is 8.48. The Bertz CT molecular complexity index is 244. The second-order valence-corrected chi connectivity index (χ2v) is 3.33. The van der Waals surface area contributed by atoms with Crippen LogP contribution in [0.3, 0.4) is 0 Å². The molecule has 11 heavy (non-hydrogen) atoms. The molecule has 0 aliphatic heterocycles. The fourth-order valence-electron chi connectivity index (χ4n) is 0.739. The molecule has 1 rings (SSSR count). The summed E-state index contributed by atoms with van der Waals surface area (Å²) in [5, 5.41) is 2.13. The van der Waals surface area contributed by atoms with Gasteiger partial charge in [-0.25, -0.2) is 4.98 Å². The summed E-state index contributed by atoms with van der Waals surface area (Å²) in [4.78, 5) is 3.71. The molecular weight excluding hydrogens is 174 g/mol. The number of hydrogen-bond donors (Lipinski definition) is 0. The molecule has 0 aliphatic rings. The number of aryl methyl sites for hydroxylation is 1. The minimum absolute atomic E-state index is 0.139. The van der Waals surface area contributed by atoms with Crippen LogP contribution in [0.15, 0.2) is 5.38 Å². The molecule has 0 fully saturated rings. The lowest BCUT2D eigenvalue weighted by molar-refractivity contribution is 0.467. The number of thiazole rings is 1. The monoisotopic (exact) mass is 180 g/mol. The summed E-state index contributed by atoms with van der Waals surface area (Å²) >= 11 is 1.24. The molecule has 62 valence electrons. The molecule has 0 aliphatic carbocycles. The first-order chi connectivity index (χ1) is 4.97. The smallest absolute Gasteiger partial charge is 0.449 e. The van der Waals surface area contributed by atoms with E-state index in [4.69, 9.17) is 0 Å². The van der Waals surface area contributed by atoms with Gasteiger partial charge >= 0.3 is 6.98 Å². The predicted molar refractivity (Wildman–Crippen MR) is 39.6 cm³/mol. The normalized spacial score (nSPS) is 12.0. The Morgan fingerprint density at radius 3 is 2.55 bits per heavy atom. The van der Waals surface area contributed by atoms with Crippen molar-refractivity contribution in [1.29, 1.82) is 0 Å². The Hall–Kier alpha value is -0.515. The van der Waals surface area contributed by atoms with Gasteiger partial charge in [-0.3, -0.25) is 0 Å². The molecule has 1 aromatic rings. The van der Waals surface area contributed by atoms with Gasteiger partial charge in [0.05, 0.1) is 5.01 Å². The molecule has 1 heterocycles. The highest BCUT2D eigenvalue weighted by Gasteiger charge is 2.24. The van der Waals surface area contributed by atoms with E-state index in [0.29, 0.717) is 5.01 Å². The van der Waals surface area contributed by atoms with Crippen molar-refractivity contribution >= 4 is 18.3 Å². The van der Waals surface area contributed by atoms with Crippen molar-refractivity contribution in [2.45, 2.75) is 13.2 Å². The lowest BCUT2D eigenvalue weighted by Crippen LogP contribution is -2.19. The maximum atomic E-state index is 11.8. The third-order valence-corrected chi connectivity index (χ3v) is 1.93. The van der Waals surface area contributed by atoms with Crippen molar-refractivity contribution < 1.29 is 12.9 Å².